The molecule has 5 nitrogen and oxygen atoms in total. The van der Waals surface area contributed by atoms with Gasteiger partial charge in [0.1, 0.15) is 5.82 Å². The van der Waals surface area contributed by atoms with Crippen LogP contribution in [0.2, 0.25) is 0 Å². The van der Waals surface area contributed by atoms with E-state index < -0.39 is 5.97 Å². The largest absolute Gasteiger partial charge is 0.476 e. The van der Waals surface area contributed by atoms with Gasteiger partial charge < -0.3 is 14.9 Å². The smallest absolute Gasteiger partial charge is 0.358 e. The summed E-state index contributed by atoms with van der Waals surface area (Å²) in [5.41, 5.74) is 1.38. The molecule has 0 aliphatic carbocycles. The first-order valence-electron chi connectivity index (χ1n) is 5.25. The van der Waals surface area contributed by atoms with Gasteiger partial charge in [-0.25, -0.2) is 9.18 Å². The number of hydrogen-bond donors (Lipinski definition) is 2. The number of benzene rings is 1. The van der Waals surface area contributed by atoms with E-state index in [1.165, 1.54) is 18.2 Å². The van der Waals surface area contributed by atoms with Crippen molar-refractivity contribution >= 4 is 11.7 Å². The molecule has 2 aromatic rings. The fraction of sp³-hybridized carbons (Fsp3) is 0.167. The van der Waals surface area contributed by atoms with Gasteiger partial charge in [0, 0.05) is 11.8 Å². The van der Waals surface area contributed by atoms with Gasteiger partial charge in [-0.2, -0.15) is 0 Å². The van der Waals surface area contributed by atoms with Gasteiger partial charge in [-0.3, -0.25) is 0 Å². The number of anilines is 1. The molecule has 0 saturated heterocycles. The molecule has 2 rings (SSSR count). The summed E-state index contributed by atoms with van der Waals surface area (Å²) in [5, 5.41) is 15.1. The Hall–Kier alpha value is -2.37. The van der Waals surface area contributed by atoms with Crippen LogP contribution in [-0.4, -0.2) is 16.2 Å². The third-order valence-corrected chi connectivity index (χ3v) is 2.42. The minimum absolute atomic E-state index is 0.136. The van der Waals surface area contributed by atoms with Gasteiger partial charge >= 0.3 is 5.97 Å². The van der Waals surface area contributed by atoms with Crippen LogP contribution in [0, 0.1) is 12.7 Å². The van der Waals surface area contributed by atoms with E-state index in [0.717, 1.165) is 11.3 Å². The van der Waals surface area contributed by atoms with E-state index in [9.17, 15) is 9.18 Å². The van der Waals surface area contributed by atoms with E-state index in [1.807, 2.05) is 0 Å². The first-order chi connectivity index (χ1) is 8.56. The van der Waals surface area contributed by atoms with Crippen LogP contribution in [-0.2, 0) is 6.54 Å². The lowest BCUT2D eigenvalue weighted by Crippen LogP contribution is -2.00. The van der Waals surface area contributed by atoms with Crippen LogP contribution in [0.1, 0.15) is 21.8 Å². The lowest BCUT2D eigenvalue weighted by atomic mass is 10.2. The molecular formula is C12H11FN2O3. The molecule has 2 N–H and O–H groups in total. The van der Waals surface area contributed by atoms with Crippen LogP contribution in [0.5, 0.6) is 0 Å². The highest BCUT2D eigenvalue weighted by atomic mass is 19.1. The average molecular weight is 250 g/mol. The van der Waals surface area contributed by atoms with Gasteiger partial charge in [-0.05, 0) is 30.7 Å². The summed E-state index contributed by atoms with van der Waals surface area (Å²) < 4.78 is 17.7. The normalized spacial score (nSPS) is 10.3. The number of rotatable bonds is 4. The highest BCUT2D eigenvalue weighted by Gasteiger charge is 2.10. The van der Waals surface area contributed by atoms with Crippen molar-refractivity contribution in [2.75, 3.05) is 5.32 Å². The van der Waals surface area contributed by atoms with Crippen molar-refractivity contribution in [2.45, 2.75) is 13.5 Å². The molecule has 0 aliphatic heterocycles. The van der Waals surface area contributed by atoms with E-state index in [2.05, 4.69) is 10.5 Å². The summed E-state index contributed by atoms with van der Waals surface area (Å²) in [6.45, 7) is 2.06. The lowest BCUT2D eigenvalue weighted by Gasteiger charge is -2.07. The minimum atomic E-state index is -1.14. The molecule has 94 valence electrons. The molecule has 1 aromatic heterocycles. The third kappa shape index (κ3) is 2.65. The summed E-state index contributed by atoms with van der Waals surface area (Å²) in [7, 11) is 0. The third-order valence-electron chi connectivity index (χ3n) is 2.42. The number of carboxylic acid groups (broad SMARTS) is 1. The Morgan fingerprint density at radius 3 is 2.89 bits per heavy atom. The second-order valence-corrected chi connectivity index (χ2v) is 3.80. The summed E-state index contributed by atoms with van der Waals surface area (Å²) in [4.78, 5) is 10.6. The standard InChI is InChI=1S/C12H11FN2O3/c1-7-4-8(13)2-3-10(7)14-6-9-5-11(12(16)17)15-18-9/h2-5,14H,6H2,1H3,(H,16,17). The molecule has 18 heavy (non-hydrogen) atoms. The quantitative estimate of drug-likeness (QED) is 0.871. The van der Waals surface area contributed by atoms with Crippen molar-refractivity contribution in [3.63, 3.8) is 0 Å². The van der Waals surface area contributed by atoms with Gasteiger partial charge in [0.25, 0.3) is 0 Å². The van der Waals surface area contributed by atoms with E-state index in [0.29, 0.717) is 5.76 Å². The van der Waals surface area contributed by atoms with Crippen LogP contribution < -0.4 is 5.32 Å². The van der Waals surface area contributed by atoms with Gasteiger partial charge in [0.2, 0.25) is 0 Å². The lowest BCUT2D eigenvalue weighted by molar-refractivity contribution is 0.0685. The first-order valence-corrected chi connectivity index (χ1v) is 5.25. The predicted octanol–water partition coefficient (Wildman–Crippen LogP) is 2.43. The van der Waals surface area contributed by atoms with Crippen LogP contribution in [0.4, 0.5) is 10.1 Å². The fourth-order valence-electron chi connectivity index (χ4n) is 1.50. The van der Waals surface area contributed by atoms with Gasteiger partial charge in [0.15, 0.2) is 11.5 Å². The monoisotopic (exact) mass is 250 g/mol. The van der Waals surface area contributed by atoms with E-state index in [1.54, 1.807) is 13.0 Å². The van der Waals surface area contributed by atoms with Crippen molar-refractivity contribution in [3.8, 4) is 0 Å². The van der Waals surface area contributed by atoms with Gasteiger partial charge in [-0.1, -0.05) is 5.16 Å². The number of nitrogens with one attached hydrogen (secondary N) is 1. The Morgan fingerprint density at radius 1 is 1.50 bits per heavy atom. The zero-order chi connectivity index (χ0) is 13.1. The first kappa shape index (κ1) is 12.1. The minimum Gasteiger partial charge on any atom is -0.476 e. The SMILES string of the molecule is Cc1cc(F)ccc1NCc1cc(C(=O)O)no1. The fourth-order valence-corrected chi connectivity index (χ4v) is 1.50. The second-order valence-electron chi connectivity index (χ2n) is 3.80. The Labute approximate surface area is 102 Å². The van der Waals surface area contributed by atoms with E-state index in [4.69, 9.17) is 9.63 Å². The van der Waals surface area contributed by atoms with Crippen LogP contribution in [0.3, 0.4) is 0 Å². The van der Waals surface area contributed by atoms with E-state index in [-0.39, 0.29) is 18.1 Å². The average Bonchev–Trinajstić information content (AvgIpc) is 2.76. The summed E-state index contributed by atoms with van der Waals surface area (Å²) in [6, 6.07) is 5.71. The summed E-state index contributed by atoms with van der Waals surface area (Å²) in [6.07, 6.45) is 0. The number of aryl methyl sites for hydroxylation is 1. The van der Waals surface area contributed by atoms with Crippen LogP contribution in [0.25, 0.3) is 0 Å². The molecule has 0 atom stereocenters. The summed E-state index contributed by atoms with van der Waals surface area (Å²) in [5.74, 6) is -1.04. The predicted molar refractivity (Wildman–Crippen MR) is 61.9 cm³/mol. The molecule has 1 aromatic carbocycles. The Kier molecular flexibility index (Phi) is 3.27. The molecule has 0 amide bonds. The van der Waals surface area contributed by atoms with Crippen molar-refractivity contribution < 1.29 is 18.8 Å². The van der Waals surface area contributed by atoms with Crippen LogP contribution >= 0.6 is 0 Å². The highest BCUT2D eigenvalue weighted by Crippen LogP contribution is 2.16. The maximum atomic E-state index is 12.9. The molecule has 0 bridgehead atoms. The Morgan fingerprint density at radius 2 is 2.28 bits per heavy atom. The van der Waals surface area contributed by atoms with Crippen molar-refractivity contribution in [2.24, 2.45) is 0 Å². The van der Waals surface area contributed by atoms with Gasteiger partial charge in [0.05, 0.1) is 6.54 Å². The second kappa shape index (κ2) is 4.87. The molecule has 6 heteroatoms. The summed E-state index contributed by atoms with van der Waals surface area (Å²) >= 11 is 0. The molecule has 0 saturated carbocycles. The maximum absolute atomic E-state index is 12.9. The zero-order valence-corrected chi connectivity index (χ0v) is 9.61. The number of nitrogens with zero attached hydrogens (tertiary/aromatic N) is 1. The molecule has 0 unspecified atom stereocenters. The molecule has 0 radical (unpaired) electrons. The van der Waals surface area contributed by atoms with Crippen molar-refractivity contribution in [1.29, 1.82) is 0 Å². The van der Waals surface area contributed by atoms with Gasteiger partial charge in [-0.15, -0.1) is 0 Å². The number of aromatic carboxylic acids is 1. The highest BCUT2D eigenvalue weighted by molar-refractivity contribution is 5.85. The number of carboxylic acids is 1. The molecule has 1 heterocycles. The molecule has 0 aliphatic rings. The van der Waals surface area contributed by atoms with Crippen molar-refractivity contribution in [3.05, 3.63) is 47.1 Å². The number of aromatic nitrogens is 1. The Bertz CT molecular complexity index is 580. The van der Waals surface area contributed by atoms with E-state index >= 15 is 0 Å². The Balaban J connectivity index is 2.04. The maximum Gasteiger partial charge on any atom is 0.358 e. The van der Waals surface area contributed by atoms with Crippen molar-refractivity contribution in [1.82, 2.24) is 5.16 Å². The number of carbonyl (C=O) groups is 1. The zero-order valence-electron chi connectivity index (χ0n) is 9.61. The van der Waals surface area contributed by atoms with Crippen LogP contribution in [0.15, 0.2) is 28.8 Å². The molecule has 0 fully saturated rings. The molecule has 0 spiro atoms. The number of halogens is 1. The molecular weight excluding hydrogens is 239 g/mol. The number of hydrogen-bond acceptors (Lipinski definition) is 4. The topological polar surface area (TPSA) is 75.4 Å².